The Balaban J connectivity index is 2.32. The summed E-state index contributed by atoms with van der Waals surface area (Å²) in [6, 6.07) is 2.08. The Hall–Kier alpha value is -1.37. The Morgan fingerprint density at radius 2 is 1.72 bits per heavy atom. The summed E-state index contributed by atoms with van der Waals surface area (Å²) in [4.78, 5) is 1.43. The number of nitrogen functional groups attached to an aromatic ring is 1. The van der Waals surface area contributed by atoms with Crippen LogP contribution in [0.3, 0.4) is 0 Å². The predicted molar refractivity (Wildman–Crippen MR) is 66.3 cm³/mol. The van der Waals surface area contributed by atoms with Crippen LogP contribution in [0.4, 0.5) is 20.2 Å². The van der Waals surface area contributed by atoms with E-state index in [1.807, 2.05) is 0 Å². The fourth-order valence-corrected chi connectivity index (χ4v) is 3.32. The minimum absolute atomic E-state index is 0.0104. The molecule has 1 fully saturated rings. The maximum Gasteiger partial charge on any atom is 0.152 e. The van der Waals surface area contributed by atoms with E-state index in [0.29, 0.717) is 13.0 Å². The van der Waals surface area contributed by atoms with Crippen LogP contribution < -0.4 is 10.6 Å². The van der Waals surface area contributed by atoms with E-state index in [9.17, 15) is 17.2 Å². The molecule has 0 unspecified atom stereocenters. The summed E-state index contributed by atoms with van der Waals surface area (Å²) >= 11 is 0. The van der Waals surface area contributed by atoms with E-state index in [1.165, 1.54) is 4.90 Å². The Bertz CT molecular complexity index is 537. The zero-order valence-corrected chi connectivity index (χ0v) is 10.5. The van der Waals surface area contributed by atoms with E-state index in [4.69, 9.17) is 5.73 Å². The molecule has 100 valence electrons. The maximum absolute atomic E-state index is 13.7. The summed E-state index contributed by atoms with van der Waals surface area (Å²) in [5.74, 6) is -1.54. The van der Waals surface area contributed by atoms with Crippen LogP contribution in [-0.2, 0) is 9.84 Å². The molecule has 0 saturated carbocycles. The molecule has 4 nitrogen and oxygen atoms in total. The first-order chi connectivity index (χ1) is 8.39. The largest absolute Gasteiger partial charge is 0.399 e. The molecule has 1 saturated heterocycles. The van der Waals surface area contributed by atoms with Crippen LogP contribution in [0.25, 0.3) is 0 Å². The molecule has 7 heteroatoms. The first-order valence-corrected chi connectivity index (χ1v) is 7.41. The van der Waals surface area contributed by atoms with E-state index < -0.39 is 21.5 Å². The summed E-state index contributed by atoms with van der Waals surface area (Å²) in [6.45, 7) is 0.414. The van der Waals surface area contributed by atoms with Gasteiger partial charge in [0.1, 0.15) is 5.69 Å². The van der Waals surface area contributed by atoms with E-state index in [1.54, 1.807) is 0 Å². The molecule has 1 aromatic carbocycles. The number of rotatable bonds is 1. The summed E-state index contributed by atoms with van der Waals surface area (Å²) in [6.07, 6.45) is 0.367. The van der Waals surface area contributed by atoms with Gasteiger partial charge in [0.05, 0.1) is 11.5 Å². The number of nitrogens with zero attached hydrogens (tertiary/aromatic N) is 1. The number of nitrogens with two attached hydrogens (primary N) is 1. The van der Waals surface area contributed by atoms with Crippen molar-refractivity contribution in [3.8, 4) is 0 Å². The highest BCUT2D eigenvalue weighted by molar-refractivity contribution is 7.91. The van der Waals surface area contributed by atoms with Crippen molar-refractivity contribution in [1.29, 1.82) is 0 Å². The van der Waals surface area contributed by atoms with Crippen LogP contribution in [0.2, 0.25) is 0 Å². The van der Waals surface area contributed by atoms with Crippen molar-refractivity contribution in [1.82, 2.24) is 0 Å². The van der Waals surface area contributed by atoms with Crippen LogP contribution in [0.1, 0.15) is 6.42 Å². The molecule has 0 spiro atoms. The number of benzene rings is 1. The van der Waals surface area contributed by atoms with E-state index in [0.717, 1.165) is 12.1 Å². The van der Waals surface area contributed by atoms with Gasteiger partial charge in [-0.2, -0.15) is 0 Å². The molecule has 1 heterocycles. The topological polar surface area (TPSA) is 63.4 Å². The second kappa shape index (κ2) is 4.72. The van der Waals surface area contributed by atoms with Crippen LogP contribution in [-0.4, -0.2) is 33.0 Å². The first-order valence-electron chi connectivity index (χ1n) is 5.59. The van der Waals surface area contributed by atoms with Crippen molar-refractivity contribution >= 4 is 21.2 Å². The van der Waals surface area contributed by atoms with Gasteiger partial charge < -0.3 is 10.6 Å². The number of sulfone groups is 1. The van der Waals surface area contributed by atoms with Gasteiger partial charge in [0.25, 0.3) is 0 Å². The van der Waals surface area contributed by atoms with Gasteiger partial charge in [0.15, 0.2) is 21.5 Å². The molecule has 0 bridgehead atoms. The van der Waals surface area contributed by atoms with Gasteiger partial charge in [-0.15, -0.1) is 0 Å². The van der Waals surface area contributed by atoms with Crippen molar-refractivity contribution in [2.75, 3.05) is 35.2 Å². The zero-order valence-electron chi connectivity index (χ0n) is 9.70. The lowest BCUT2D eigenvalue weighted by Crippen LogP contribution is -2.28. The second-order valence-electron chi connectivity index (χ2n) is 4.33. The van der Waals surface area contributed by atoms with Crippen molar-refractivity contribution < 1.29 is 17.2 Å². The molecule has 18 heavy (non-hydrogen) atoms. The molecule has 1 aromatic rings. The van der Waals surface area contributed by atoms with Gasteiger partial charge in [-0.05, 0) is 18.6 Å². The fourth-order valence-electron chi connectivity index (χ4n) is 2.05. The van der Waals surface area contributed by atoms with Gasteiger partial charge in [-0.3, -0.25) is 0 Å². The fraction of sp³-hybridized carbons (Fsp3) is 0.455. The highest BCUT2D eigenvalue weighted by Crippen LogP contribution is 2.27. The van der Waals surface area contributed by atoms with Gasteiger partial charge in [-0.25, -0.2) is 17.2 Å². The molecular weight excluding hydrogens is 262 g/mol. The lowest BCUT2D eigenvalue weighted by molar-refractivity contribution is 0.573. The van der Waals surface area contributed by atoms with Crippen LogP contribution in [0.15, 0.2) is 12.1 Å². The zero-order chi connectivity index (χ0) is 13.3. The number of anilines is 2. The monoisotopic (exact) mass is 276 g/mol. The van der Waals surface area contributed by atoms with Crippen molar-refractivity contribution in [3.05, 3.63) is 23.8 Å². The van der Waals surface area contributed by atoms with E-state index in [-0.39, 0.29) is 29.4 Å². The Morgan fingerprint density at radius 1 is 1.11 bits per heavy atom. The van der Waals surface area contributed by atoms with Crippen LogP contribution in [0, 0.1) is 11.6 Å². The van der Waals surface area contributed by atoms with Gasteiger partial charge in [0, 0.05) is 18.8 Å². The molecule has 0 aliphatic carbocycles. The highest BCUT2D eigenvalue weighted by Gasteiger charge is 2.23. The number of hydrogen-bond acceptors (Lipinski definition) is 4. The Morgan fingerprint density at radius 3 is 2.33 bits per heavy atom. The molecule has 2 N–H and O–H groups in total. The quantitative estimate of drug-likeness (QED) is 0.782. The standard InChI is InChI=1S/C11H14F2N2O2S/c12-9-6-8(14)7-10(13)11(9)15-2-1-4-18(16,17)5-3-15/h6-7H,1-5,14H2. The molecule has 0 aromatic heterocycles. The summed E-state index contributed by atoms with van der Waals surface area (Å²) < 4.78 is 50.3. The second-order valence-corrected chi connectivity index (χ2v) is 6.63. The van der Waals surface area contributed by atoms with Crippen LogP contribution in [0.5, 0.6) is 0 Å². The summed E-state index contributed by atoms with van der Waals surface area (Å²) in [5.41, 5.74) is 5.15. The minimum Gasteiger partial charge on any atom is -0.399 e. The SMILES string of the molecule is Nc1cc(F)c(N2CCCS(=O)(=O)CC2)c(F)c1. The highest BCUT2D eigenvalue weighted by atomic mass is 32.2. The summed E-state index contributed by atoms with van der Waals surface area (Å²) in [5, 5.41) is 0. The predicted octanol–water partition coefficient (Wildman–Crippen LogP) is 1.17. The van der Waals surface area contributed by atoms with Crippen molar-refractivity contribution in [3.63, 3.8) is 0 Å². The average molecular weight is 276 g/mol. The maximum atomic E-state index is 13.7. The van der Waals surface area contributed by atoms with Crippen molar-refractivity contribution in [2.45, 2.75) is 6.42 Å². The third-order valence-corrected chi connectivity index (χ3v) is 4.63. The Labute approximate surface area is 104 Å². The minimum atomic E-state index is -3.11. The average Bonchev–Trinajstić information content (AvgIpc) is 2.39. The molecule has 2 rings (SSSR count). The molecule has 0 atom stereocenters. The normalized spacial score (nSPS) is 19.6. The molecule has 0 radical (unpaired) electrons. The van der Waals surface area contributed by atoms with Crippen molar-refractivity contribution in [2.24, 2.45) is 0 Å². The van der Waals surface area contributed by atoms with Gasteiger partial charge in [0.2, 0.25) is 0 Å². The number of halogens is 2. The lowest BCUT2D eigenvalue weighted by atomic mass is 10.2. The molecule has 0 amide bonds. The smallest absolute Gasteiger partial charge is 0.152 e. The molecule has 1 aliphatic rings. The lowest BCUT2D eigenvalue weighted by Gasteiger charge is -2.23. The summed E-state index contributed by atoms with van der Waals surface area (Å²) in [7, 11) is -3.11. The molecule has 1 aliphatic heterocycles. The van der Waals surface area contributed by atoms with E-state index >= 15 is 0 Å². The van der Waals surface area contributed by atoms with Crippen LogP contribution >= 0.6 is 0 Å². The number of hydrogen-bond donors (Lipinski definition) is 1. The first kappa shape index (κ1) is 13.1. The third-order valence-electron chi connectivity index (χ3n) is 2.91. The van der Waals surface area contributed by atoms with E-state index in [2.05, 4.69) is 0 Å². The van der Waals surface area contributed by atoms with Gasteiger partial charge in [-0.1, -0.05) is 0 Å². The molecular formula is C11H14F2N2O2S. The Kier molecular flexibility index (Phi) is 3.43. The third kappa shape index (κ3) is 2.72. The van der Waals surface area contributed by atoms with Gasteiger partial charge >= 0.3 is 0 Å².